The highest BCUT2D eigenvalue weighted by Gasteiger charge is 2.22. The van der Waals surface area contributed by atoms with E-state index in [0.717, 1.165) is 62.1 Å². The molecule has 2 aliphatic rings. The number of rotatable bonds is 6. The van der Waals surface area contributed by atoms with Gasteiger partial charge in [0.25, 0.3) is 0 Å². The monoisotopic (exact) mass is 478 g/mol. The molecule has 0 saturated heterocycles. The predicted molar refractivity (Wildman–Crippen MR) is 141 cm³/mol. The molecule has 2 aromatic carbocycles. The highest BCUT2D eigenvalue weighted by atomic mass is 35.5. The lowest BCUT2D eigenvalue weighted by Gasteiger charge is -2.19. The summed E-state index contributed by atoms with van der Waals surface area (Å²) in [6.07, 6.45) is 0. The van der Waals surface area contributed by atoms with Gasteiger partial charge in [0.15, 0.2) is 0 Å². The van der Waals surface area contributed by atoms with Crippen LogP contribution in [-0.2, 0) is 4.74 Å². The first-order valence-electron chi connectivity index (χ1n) is 11.5. The van der Waals surface area contributed by atoms with Crippen LogP contribution in [0.4, 0.5) is 5.69 Å². The Bertz CT molecular complexity index is 1370. The second-order valence-corrected chi connectivity index (χ2v) is 8.03. The molecule has 1 N–H and O–H groups in total. The molecule has 4 rings (SSSR count). The first-order chi connectivity index (χ1) is 16.0. The Hall–Kier alpha value is -3.31. The molecule has 0 bridgehead atoms. The zero-order valence-electron chi connectivity index (χ0n) is 20.3. The number of carbonyl (C=O) groups is 1. The fraction of sp³-hybridized carbons (Fsp3) is 0.286. The van der Waals surface area contributed by atoms with E-state index >= 15 is 0 Å². The molecule has 6 heteroatoms. The van der Waals surface area contributed by atoms with Crippen molar-refractivity contribution in [2.24, 2.45) is 4.99 Å². The van der Waals surface area contributed by atoms with Crippen LogP contribution < -0.4 is 10.7 Å². The standard InChI is InChI=1S/C28H30N2O3.ClH/c1-6-29-23-15-25-19(13-17(23)4)14-22-26(33-25)16-24(30-7-2)18(5)27(22)20-11-9-10-12-21(20)28(31)32-8-3;/h9-16,29H,6-8H2,1-5H3;1H. The summed E-state index contributed by atoms with van der Waals surface area (Å²) in [5.41, 5.74) is 7.29. The molecule has 0 spiro atoms. The van der Waals surface area contributed by atoms with Crippen molar-refractivity contribution >= 4 is 35.0 Å². The molecule has 5 nitrogen and oxygen atoms in total. The number of hydrogen-bond donors (Lipinski definition) is 1. The molecule has 0 atom stereocenters. The third-order valence-corrected chi connectivity index (χ3v) is 5.83. The van der Waals surface area contributed by atoms with Gasteiger partial charge in [0.1, 0.15) is 11.3 Å². The van der Waals surface area contributed by atoms with Crippen LogP contribution in [0.3, 0.4) is 0 Å². The van der Waals surface area contributed by atoms with E-state index in [4.69, 9.17) is 14.1 Å². The molecule has 2 aromatic rings. The highest BCUT2D eigenvalue weighted by Crippen LogP contribution is 2.39. The summed E-state index contributed by atoms with van der Waals surface area (Å²) in [4.78, 5) is 17.5. The van der Waals surface area contributed by atoms with Crippen LogP contribution in [-0.4, -0.2) is 25.7 Å². The number of aryl methyl sites for hydroxylation is 1. The number of hydrogen-bond acceptors (Lipinski definition) is 5. The number of esters is 1. The second kappa shape index (κ2) is 10.7. The Morgan fingerprint density at radius 2 is 1.79 bits per heavy atom. The maximum Gasteiger partial charge on any atom is 0.338 e. The van der Waals surface area contributed by atoms with Gasteiger partial charge in [-0.25, -0.2) is 4.79 Å². The SMILES string of the molecule is CCN=c1cc2oc3cc(NCC)c(C)cc3cc-2c(-c2ccccc2C(=O)OCC)c1C.Cl. The minimum atomic E-state index is -0.331. The predicted octanol–water partition coefficient (Wildman–Crippen LogP) is 6.77. The normalized spacial score (nSPS) is 11.5. The summed E-state index contributed by atoms with van der Waals surface area (Å²) in [5.74, 6) is 0.405. The Labute approximate surface area is 206 Å². The summed E-state index contributed by atoms with van der Waals surface area (Å²) in [5, 5.41) is 5.27. The van der Waals surface area contributed by atoms with Gasteiger partial charge in [0.05, 0.1) is 17.5 Å². The average Bonchev–Trinajstić information content (AvgIpc) is 2.80. The summed E-state index contributed by atoms with van der Waals surface area (Å²) >= 11 is 0. The number of anilines is 1. The molecule has 0 saturated carbocycles. The van der Waals surface area contributed by atoms with E-state index in [2.05, 4.69) is 44.3 Å². The topological polar surface area (TPSA) is 63.8 Å². The van der Waals surface area contributed by atoms with E-state index < -0.39 is 0 Å². The lowest BCUT2D eigenvalue weighted by molar-refractivity contribution is 0.0527. The molecule has 0 aromatic heterocycles. The van der Waals surface area contributed by atoms with E-state index in [1.807, 2.05) is 44.2 Å². The third kappa shape index (κ3) is 4.66. The van der Waals surface area contributed by atoms with E-state index in [1.165, 1.54) is 0 Å². The maximum absolute atomic E-state index is 12.8. The van der Waals surface area contributed by atoms with Crippen LogP contribution >= 0.6 is 12.4 Å². The van der Waals surface area contributed by atoms with Crippen molar-refractivity contribution in [3.05, 3.63) is 70.6 Å². The van der Waals surface area contributed by atoms with E-state index in [-0.39, 0.29) is 18.4 Å². The number of halogens is 1. The molecule has 0 radical (unpaired) electrons. The molecule has 0 unspecified atom stereocenters. The Morgan fingerprint density at radius 1 is 1.03 bits per heavy atom. The first-order valence-corrected chi connectivity index (χ1v) is 11.5. The Morgan fingerprint density at radius 3 is 2.50 bits per heavy atom. The van der Waals surface area contributed by atoms with Gasteiger partial charge in [0, 0.05) is 41.9 Å². The fourth-order valence-electron chi connectivity index (χ4n) is 4.33. The number of ether oxygens (including phenoxy) is 1. The molecule has 1 aliphatic carbocycles. The van der Waals surface area contributed by atoms with Crippen molar-refractivity contribution in [3.8, 4) is 22.5 Å². The molecule has 1 heterocycles. The van der Waals surface area contributed by atoms with E-state index in [1.54, 1.807) is 0 Å². The molecule has 0 amide bonds. The first kappa shape index (κ1) is 25.3. The van der Waals surface area contributed by atoms with Crippen molar-refractivity contribution < 1.29 is 13.9 Å². The van der Waals surface area contributed by atoms with Crippen molar-refractivity contribution in [2.75, 3.05) is 25.0 Å². The van der Waals surface area contributed by atoms with Gasteiger partial charge in [-0.2, -0.15) is 0 Å². The van der Waals surface area contributed by atoms with Gasteiger partial charge >= 0.3 is 5.97 Å². The summed E-state index contributed by atoms with van der Waals surface area (Å²) in [6.45, 7) is 11.9. The molecule has 1 aliphatic heterocycles. The number of nitrogens with one attached hydrogen (secondary N) is 1. The molecule has 178 valence electrons. The van der Waals surface area contributed by atoms with Crippen molar-refractivity contribution in [1.82, 2.24) is 0 Å². The maximum atomic E-state index is 12.8. The lowest BCUT2D eigenvalue weighted by Crippen LogP contribution is -2.13. The van der Waals surface area contributed by atoms with Crippen LogP contribution in [0.2, 0.25) is 0 Å². The van der Waals surface area contributed by atoms with Crippen LogP contribution in [0.25, 0.3) is 33.4 Å². The Balaban J connectivity index is 0.00000324. The minimum Gasteiger partial charge on any atom is -0.462 e. The van der Waals surface area contributed by atoms with Crippen molar-refractivity contribution in [2.45, 2.75) is 34.6 Å². The molecular formula is C28H31ClN2O3. The largest absolute Gasteiger partial charge is 0.462 e. The Kier molecular flexibility index (Phi) is 8.00. The summed E-state index contributed by atoms with van der Waals surface area (Å²) < 4.78 is 11.8. The van der Waals surface area contributed by atoms with E-state index in [0.29, 0.717) is 18.7 Å². The van der Waals surface area contributed by atoms with Gasteiger partial charge in [-0.15, -0.1) is 12.4 Å². The zero-order valence-corrected chi connectivity index (χ0v) is 21.1. The average molecular weight is 479 g/mol. The van der Waals surface area contributed by atoms with Crippen LogP contribution in [0.1, 0.15) is 42.3 Å². The van der Waals surface area contributed by atoms with Gasteiger partial charge in [-0.3, -0.25) is 4.99 Å². The van der Waals surface area contributed by atoms with Crippen LogP contribution in [0.15, 0.2) is 57.9 Å². The number of carbonyl (C=O) groups excluding carboxylic acids is 1. The fourth-order valence-corrected chi connectivity index (χ4v) is 4.33. The number of nitrogens with zero attached hydrogens (tertiary/aromatic N) is 1. The van der Waals surface area contributed by atoms with Gasteiger partial charge in [-0.1, -0.05) is 18.2 Å². The van der Waals surface area contributed by atoms with Gasteiger partial charge < -0.3 is 14.5 Å². The highest BCUT2D eigenvalue weighted by molar-refractivity contribution is 6.01. The molecule has 34 heavy (non-hydrogen) atoms. The summed E-state index contributed by atoms with van der Waals surface area (Å²) in [6, 6.07) is 15.9. The zero-order chi connectivity index (χ0) is 23.5. The second-order valence-electron chi connectivity index (χ2n) is 8.03. The minimum absolute atomic E-state index is 0. The quantitative estimate of drug-likeness (QED) is 0.245. The van der Waals surface area contributed by atoms with Crippen molar-refractivity contribution in [3.63, 3.8) is 0 Å². The number of fused-ring (bicyclic) bond motifs is 2. The van der Waals surface area contributed by atoms with Gasteiger partial charge in [-0.05, 0) is 75.1 Å². The van der Waals surface area contributed by atoms with Crippen LogP contribution in [0.5, 0.6) is 0 Å². The third-order valence-electron chi connectivity index (χ3n) is 5.83. The number of benzene rings is 3. The van der Waals surface area contributed by atoms with Gasteiger partial charge in [0.2, 0.25) is 0 Å². The lowest BCUT2D eigenvalue weighted by atomic mass is 9.88. The van der Waals surface area contributed by atoms with E-state index in [9.17, 15) is 4.79 Å². The van der Waals surface area contributed by atoms with Crippen LogP contribution in [0, 0.1) is 13.8 Å². The molecular weight excluding hydrogens is 448 g/mol. The summed E-state index contributed by atoms with van der Waals surface area (Å²) in [7, 11) is 0. The molecule has 0 fully saturated rings. The smallest absolute Gasteiger partial charge is 0.338 e. The van der Waals surface area contributed by atoms with Crippen molar-refractivity contribution in [1.29, 1.82) is 0 Å².